The van der Waals surface area contributed by atoms with E-state index >= 15 is 0 Å². The second kappa shape index (κ2) is 6.95. The van der Waals surface area contributed by atoms with Crippen LogP contribution in [0.2, 0.25) is 0 Å². The summed E-state index contributed by atoms with van der Waals surface area (Å²) < 4.78 is 0. The molecule has 0 bridgehead atoms. The lowest BCUT2D eigenvalue weighted by Crippen LogP contribution is -2.39. The molecular weight excluding hydrogens is 302 g/mol. The standard InChI is InChI=1S/C18H23N5O/c1-12(2)20-16(24)11-23(3)18-13-7-6-9-14(13)21-17(22-18)15-8-4-5-10-19-15/h4-5,8,10,12H,6-7,9,11H2,1-3H3,(H,20,24). The molecule has 24 heavy (non-hydrogen) atoms. The van der Waals surface area contributed by atoms with Crippen molar-refractivity contribution in [2.75, 3.05) is 18.5 Å². The number of fused-ring (bicyclic) bond motifs is 1. The van der Waals surface area contributed by atoms with E-state index in [9.17, 15) is 4.79 Å². The van der Waals surface area contributed by atoms with Gasteiger partial charge in [-0.15, -0.1) is 0 Å². The van der Waals surface area contributed by atoms with Gasteiger partial charge in [-0.2, -0.15) is 0 Å². The van der Waals surface area contributed by atoms with Gasteiger partial charge in [-0.1, -0.05) is 6.07 Å². The van der Waals surface area contributed by atoms with Gasteiger partial charge >= 0.3 is 0 Å². The van der Waals surface area contributed by atoms with Gasteiger partial charge in [0.05, 0.1) is 6.54 Å². The molecule has 1 N–H and O–H groups in total. The van der Waals surface area contributed by atoms with Crippen LogP contribution in [-0.2, 0) is 17.6 Å². The zero-order valence-electron chi connectivity index (χ0n) is 14.4. The topological polar surface area (TPSA) is 71.0 Å². The van der Waals surface area contributed by atoms with Crippen LogP contribution in [-0.4, -0.2) is 40.5 Å². The lowest BCUT2D eigenvalue weighted by Gasteiger charge is -2.21. The van der Waals surface area contributed by atoms with Gasteiger partial charge < -0.3 is 10.2 Å². The normalized spacial score (nSPS) is 13.0. The Hall–Kier alpha value is -2.50. The monoisotopic (exact) mass is 325 g/mol. The highest BCUT2D eigenvalue weighted by Crippen LogP contribution is 2.30. The van der Waals surface area contributed by atoms with E-state index in [0.29, 0.717) is 5.82 Å². The van der Waals surface area contributed by atoms with Crippen LogP contribution in [0.15, 0.2) is 24.4 Å². The van der Waals surface area contributed by atoms with Gasteiger partial charge in [0.25, 0.3) is 0 Å². The molecule has 1 aliphatic rings. The van der Waals surface area contributed by atoms with Gasteiger partial charge in [-0.25, -0.2) is 9.97 Å². The first-order chi connectivity index (χ1) is 11.5. The largest absolute Gasteiger partial charge is 0.352 e. The maximum Gasteiger partial charge on any atom is 0.239 e. The SMILES string of the molecule is CC(C)NC(=O)CN(C)c1nc(-c2ccccn2)nc2c1CCC2. The second-order valence-corrected chi connectivity index (χ2v) is 6.44. The fraction of sp³-hybridized carbons (Fsp3) is 0.444. The molecular formula is C18H23N5O. The molecule has 1 amide bonds. The maximum absolute atomic E-state index is 12.1. The van der Waals surface area contributed by atoms with Crippen LogP contribution in [0.25, 0.3) is 11.5 Å². The van der Waals surface area contributed by atoms with Crippen molar-refractivity contribution >= 4 is 11.7 Å². The quantitative estimate of drug-likeness (QED) is 0.910. The van der Waals surface area contributed by atoms with Crippen molar-refractivity contribution in [1.29, 1.82) is 0 Å². The Bertz CT molecular complexity index is 730. The van der Waals surface area contributed by atoms with Crippen LogP contribution in [0, 0.1) is 0 Å². The second-order valence-electron chi connectivity index (χ2n) is 6.44. The van der Waals surface area contributed by atoms with Gasteiger partial charge in [0.1, 0.15) is 11.5 Å². The van der Waals surface area contributed by atoms with E-state index < -0.39 is 0 Å². The number of hydrogen-bond acceptors (Lipinski definition) is 5. The van der Waals surface area contributed by atoms with E-state index in [1.54, 1.807) is 6.20 Å². The van der Waals surface area contributed by atoms with Crippen molar-refractivity contribution in [3.8, 4) is 11.5 Å². The lowest BCUT2D eigenvalue weighted by atomic mass is 10.2. The summed E-state index contributed by atoms with van der Waals surface area (Å²) in [5, 5.41) is 2.92. The molecule has 0 radical (unpaired) electrons. The highest BCUT2D eigenvalue weighted by atomic mass is 16.2. The van der Waals surface area contributed by atoms with Crippen LogP contribution >= 0.6 is 0 Å². The molecule has 0 fully saturated rings. The van der Waals surface area contributed by atoms with Crippen molar-refractivity contribution in [3.05, 3.63) is 35.7 Å². The lowest BCUT2D eigenvalue weighted by molar-refractivity contribution is -0.120. The summed E-state index contributed by atoms with van der Waals surface area (Å²) in [6.07, 6.45) is 4.74. The number of nitrogens with one attached hydrogen (secondary N) is 1. The number of likely N-dealkylation sites (N-methyl/N-ethyl adjacent to an activating group) is 1. The van der Waals surface area contributed by atoms with Crippen molar-refractivity contribution < 1.29 is 4.79 Å². The molecule has 3 rings (SSSR count). The Balaban J connectivity index is 1.92. The van der Waals surface area contributed by atoms with Gasteiger partial charge in [0.15, 0.2) is 5.82 Å². The number of nitrogens with zero attached hydrogens (tertiary/aromatic N) is 4. The predicted octanol–water partition coefficient (Wildman–Crippen LogP) is 1.99. The molecule has 0 aliphatic heterocycles. The van der Waals surface area contributed by atoms with Gasteiger partial charge in [-0.05, 0) is 45.2 Å². The molecule has 2 aromatic heterocycles. The Morgan fingerprint density at radius 3 is 2.83 bits per heavy atom. The molecule has 1 aliphatic carbocycles. The van der Waals surface area contributed by atoms with Crippen molar-refractivity contribution in [3.63, 3.8) is 0 Å². The zero-order valence-corrected chi connectivity index (χ0v) is 14.4. The van der Waals surface area contributed by atoms with Crippen molar-refractivity contribution in [2.45, 2.75) is 39.2 Å². The number of rotatable bonds is 5. The Kier molecular flexibility index (Phi) is 4.74. The average molecular weight is 325 g/mol. The first-order valence-corrected chi connectivity index (χ1v) is 8.36. The number of hydrogen-bond donors (Lipinski definition) is 1. The fourth-order valence-electron chi connectivity index (χ4n) is 3.00. The van der Waals surface area contributed by atoms with E-state index in [1.165, 1.54) is 0 Å². The smallest absolute Gasteiger partial charge is 0.239 e. The van der Waals surface area contributed by atoms with E-state index in [0.717, 1.165) is 42.0 Å². The van der Waals surface area contributed by atoms with Crippen molar-refractivity contribution in [1.82, 2.24) is 20.3 Å². The Labute approximate surface area is 142 Å². The van der Waals surface area contributed by atoms with Crippen LogP contribution in [0.5, 0.6) is 0 Å². The molecule has 2 aromatic rings. The number of pyridine rings is 1. The summed E-state index contributed by atoms with van der Waals surface area (Å²) in [5.74, 6) is 1.47. The summed E-state index contributed by atoms with van der Waals surface area (Å²) >= 11 is 0. The van der Waals surface area contributed by atoms with Gasteiger partial charge in [-0.3, -0.25) is 9.78 Å². The third-order valence-electron chi connectivity index (χ3n) is 4.00. The van der Waals surface area contributed by atoms with Gasteiger partial charge in [0.2, 0.25) is 5.91 Å². The fourth-order valence-corrected chi connectivity index (χ4v) is 3.00. The number of aryl methyl sites for hydroxylation is 1. The summed E-state index contributed by atoms with van der Waals surface area (Å²) in [4.78, 5) is 27.8. The van der Waals surface area contributed by atoms with E-state index in [2.05, 4.69) is 10.3 Å². The number of amides is 1. The number of carbonyl (C=O) groups is 1. The minimum Gasteiger partial charge on any atom is -0.352 e. The zero-order chi connectivity index (χ0) is 17.1. The van der Waals surface area contributed by atoms with Crippen LogP contribution in [0.3, 0.4) is 0 Å². The van der Waals surface area contributed by atoms with Crippen LogP contribution in [0.1, 0.15) is 31.5 Å². The van der Waals surface area contributed by atoms with Crippen molar-refractivity contribution in [2.24, 2.45) is 0 Å². The summed E-state index contributed by atoms with van der Waals surface area (Å²) in [6, 6.07) is 5.84. The minimum absolute atomic E-state index is 0.00255. The van der Waals surface area contributed by atoms with Crippen LogP contribution < -0.4 is 10.2 Å². The molecule has 0 aromatic carbocycles. The molecule has 2 heterocycles. The molecule has 0 saturated carbocycles. The molecule has 0 saturated heterocycles. The predicted molar refractivity (Wildman–Crippen MR) is 93.8 cm³/mol. The van der Waals surface area contributed by atoms with E-state index in [1.807, 2.05) is 44.0 Å². The summed E-state index contributed by atoms with van der Waals surface area (Å²) in [5.41, 5.74) is 3.00. The minimum atomic E-state index is -0.00255. The maximum atomic E-state index is 12.1. The first-order valence-electron chi connectivity index (χ1n) is 8.36. The number of aromatic nitrogens is 3. The molecule has 6 heteroatoms. The number of anilines is 1. The Morgan fingerprint density at radius 1 is 1.29 bits per heavy atom. The molecule has 0 unspecified atom stereocenters. The highest BCUT2D eigenvalue weighted by molar-refractivity contribution is 5.81. The first kappa shape index (κ1) is 16.4. The van der Waals surface area contributed by atoms with E-state index in [-0.39, 0.29) is 18.5 Å². The highest BCUT2D eigenvalue weighted by Gasteiger charge is 2.23. The third-order valence-corrected chi connectivity index (χ3v) is 4.00. The molecule has 0 spiro atoms. The Morgan fingerprint density at radius 2 is 2.12 bits per heavy atom. The summed E-state index contributed by atoms with van der Waals surface area (Å²) in [7, 11) is 1.91. The average Bonchev–Trinajstić information content (AvgIpc) is 3.02. The molecule has 6 nitrogen and oxygen atoms in total. The molecule has 126 valence electrons. The summed E-state index contributed by atoms with van der Waals surface area (Å²) in [6.45, 7) is 4.20. The van der Waals surface area contributed by atoms with Crippen LogP contribution in [0.4, 0.5) is 5.82 Å². The third kappa shape index (κ3) is 3.53. The van der Waals surface area contributed by atoms with E-state index in [4.69, 9.17) is 9.97 Å². The number of carbonyl (C=O) groups excluding carboxylic acids is 1. The van der Waals surface area contributed by atoms with Gasteiger partial charge in [0, 0.05) is 30.5 Å². The molecule has 0 atom stereocenters.